The molecule has 1 saturated carbocycles. The summed E-state index contributed by atoms with van der Waals surface area (Å²) in [6, 6.07) is 4.69. The number of hydrogen-bond donors (Lipinski definition) is 0. The Labute approximate surface area is 216 Å². The van der Waals surface area contributed by atoms with E-state index >= 15 is 0 Å². The molecule has 0 N–H and O–H groups in total. The van der Waals surface area contributed by atoms with E-state index in [0.717, 1.165) is 5.92 Å². The Balaban J connectivity index is 1.92. The van der Waals surface area contributed by atoms with Gasteiger partial charge in [-0.1, -0.05) is 0 Å². The Morgan fingerprint density at radius 2 is 1.42 bits per heavy atom. The molecule has 4 rings (SSSR count). The van der Waals surface area contributed by atoms with E-state index in [2.05, 4.69) is 100 Å². The molecule has 2 fully saturated rings. The topological polar surface area (TPSA) is 9.72 Å². The van der Waals surface area contributed by atoms with Crippen LogP contribution in [0, 0.1) is 32.6 Å². The summed E-state index contributed by atoms with van der Waals surface area (Å²) < 4.78 is 8.65. The van der Waals surface area contributed by atoms with Gasteiger partial charge >= 0.3 is 217 Å². The monoisotopic (exact) mass is 566 g/mol. The zero-order valence-electron chi connectivity index (χ0n) is 22.7. The summed E-state index contributed by atoms with van der Waals surface area (Å²) in [6.45, 7) is 26.5. The van der Waals surface area contributed by atoms with E-state index in [1.54, 1.807) is 11.0 Å². The first-order chi connectivity index (χ1) is 15.1. The third kappa shape index (κ3) is 4.23. The molecule has 7 heteroatoms. The molecule has 1 radical (unpaired) electrons. The van der Waals surface area contributed by atoms with Crippen LogP contribution in [-0.2, 0) is 0 Å². The van der Waals surface area contributed by atoms with Gasteiger partial charge in [-0.2, -0.15) is 0 Å². The van der Waals surface area contributed by atoms with Crippen molar-refractivity contribution < 1.29 is 0 Å². The Morgan fingerprint density at radius 1 is 0.939 bits per heavy atom. The second kappa shape index (κ2) is 8.63. The summed E-state index contributed by atoms with van der Waals surface area (Å²) in [6.07, 6.45) is 4.05. The SMILES string of the molecule is Cc1cc(C)c([N]([GeH][Cl])C2=C(P3N(C(C)(C)C)[Si](C)(C)N3C(C)(C)C)C3CCC2C3)c(C)c1. The molecule has 0 spiro atoms. The number of nitrogens with zero attached hydrogens (tertiary/aromatic N) is 3. The molecule has 0 aromatic heterocycles. The van der Waals surface area contributed by atoms with Gasteiger partial charge in [0.1, 0.15) is 0 Å². The van der Waals surface area contributed by atoms with E-state index in [-0.39, 0.29) is 11.1 Å². The summed E-state index contributed by atoms with van der Waals surface area (Å²) in [7, 11) is 4.82. The molecule has 1 heterocycles. The van der Waals surface area contributed by atoms with Crippen LogP contribution in [-0.4, -0.2) is 42.9 Å². The van der Waals surface area contributed by atoms with Gasteiger partial charge in [-0.15, -0.1) is 0 Å². The van der Waals surface area contributed by atoms with Crippen LogP contribution >= 0.6 is 18.2 Å². The van der Waals surface area contributed by atoms with E-state index in [0.29, 0.717) is 5.92 Å². The van der Waals surface area contributed by atoms with Crippen LogP contribution in [0.3, 0.4) is 0 Å². The van der Waals surface area contributed by atoms with Gasteiger partial charge in [0.2, 0.25) is 0 Å². The number of aryl methyl sites for hydroxylation is 3. The molecule has 3 aliphatic rings. The number of benzene rings is 1. The van der Waals surface area contributed by atoms with Gasteiger partial charge in [0.05, 0.1) is 0 Å². The molecule has 1 aromatic rings. The van der Waals surface area contributed by atoms with Crippen molar-refractivity contribution in [3.63, 3.8) is 0 Å². The number of rotatable bonds is 4. The van der Waals surface area contributed by atoms with E-state index < -0.39 is 31.3 Å². The number of anilines is 1. The van der Waals surface area contributed by atoms with Crippen LogP contribution in [0.1, 0.15) is 77.5 Å². The molecular weight excluding hydrogens is 521 g/mol. The summed E-state index contributed by atoms with van der Waals surface area (Å²) in [5, 5.41) is 1.79. The zero-order valence-corrected chi connectivity index (χ0v) is 27.7. The molecule has 1 aromatic carbocycles. The molecule has 2 aliphatic carbocycles. The normalized spacial score (nSPS) is 26.3. The molecular formula is C26H44ClGeN3PSi. The minimum atomic E-state index is -1.70. The average molecular weight is 566 g/mol. The van der Waals surface area contributed by atoms with Gasteiger partial charge < -0.3 is 0 Å². The van der Waals surface area contributed by atoms with Gasteiger partial charge in [-0.3, -0.25) is 0 Å². The van der Waals surface area contributed by atoms with Crippen LogP contribution in [0.25, 0.3) is 0 Å². The Bertz CT molecular complexity index is 934. The van der Waals surface area contributed by atoms with Gasteiger partial charge in [0.25, 0.3) is 0 Å². The fourth-order valence-corrected chi connectivity index (χ4v) is 21.7. The van der Waals surface area contributed by atoms with Crippen molar-refractivity contribution >= 4 is 47.0 Å². The molecule has 33 heavy (non-hydrogen) atoms. The minimum absolute atomic E-state index is 0.184. The summed E-state index contributed by atoms with van der Waals surface area (Å²) in [5.41, 5.74) is 7.55. The van der Waals surface area contributed by atoms with Crippen molar-refractivity contribution in [2.45, 2.75) is 106 Å². The van der Waals surface area contributed by atoms with E-state index in [1.165, 1.54) is 41.6 Å². The van der Waals surface area contributed by atoms with Crippen molar-refractivity contribution in [3.8, 4) is 0 Å². The first-order valence-electron chi connectivity index (χ1n) is 12.6. The Morgan fingerprint density at radius 3 is 1.88 bits per heavy atom. The molecule has 2 atom stereocenters. The molecule has 1 saturated heterocycles. The fourth-order valence-electron chi connectivity index (χ4n) is 7.29. The third-order valence-electron chi connectivity index (χ3n) is 7.60. The van der Waals surface area contributed by atoms with E-state index in [1.807, 2.05) is 0 Å². The average Bonchev–Trinajstić information content (AvgIpc) is 3.21. The van der Waals surface area contributed by atoms with E-state index in [4.69, 9.17) is 10.0 Å². The van der Waals surface area contributed by atoms with Gasteiger partial charge in [-0.05, 0) is 0 Å². The predicted molar refractivity (Wildman–Crippen MR) is 152 cm³/mol. The second-order valence-electron chi connectivity index (χ2n) is 12.9. The van der Waals surface area contributed by atoms with Crippen LogP contribution < -0.4 is 3.86 Å². The molecule has 0 amide bonds. The molecule has 183 valence electrons. The summed E-state index contributed by atoms with van der Waals surface area (Å²) in [5.74, 6) is 1.43. The standard InChI is InChI=1S/C26H44ClGeN3PSi/c1-17-14-18(2)22(19(3)15-17)29(28-27)23-20-12-13-21(16-20)24(23)32-30(25(4,5)6)33(10,11)31(32)26(7,8)9/h14-15,20-21,28H,12-13,16H2,1-11H3. The molecule has 2 unspecified atom stereocenters. The molecule has 3 nitrogen and oxygen atoms in total. The van der Waals surface area contributed by atoms with Gasteiger partial charge in [-0.25, -0.2) is 0 Å². The van der Waals surface area contributed by atoms with Gasteiger partial charge in [0, 0.05) is 0 Å². The summed E-state index contributed by atoms with van der Waals surface area (Å²) in [4.78, 5) is 0. The van der Waals surface area contributed by atoms with Crippen LogP contribution in [0.2, 0.25) is 13.1 Å². The Hall–Kier alpha value is 0.160. The zero-order chi connectivity index (χ0) is 24.7. The maximum atomic E-state index is 6.98. The van der Waals surface area contributed by atoms with Crippen LogP contribution in [0.15, 0.2) is 23.1 Å². The van der Waals surface area contributed by atoms with Crippen molar-refractivity contribution in [1.82, 2.24) is 8.67 Å². The number of fused-ring (bicyclic) bond motifs is 2. The van der Waals surface area contributed by atoms with Gasteiger partial charge in [0.15, 0.2) is 0 Å². The predicted octanol–water partition coefficient (Wildman–Crippen LogP) is 7.79. The summed E-state index contributed by atoms with van der Waals surface area (Å²) >= 11 is -1.10. The maximum absolute atomic E-state index is 6.98. The first-order valence-corrected chi connectivity index (χ1v) is 21.0. The quantitative estimate of drug-likeness (QED) is 0.273. The van der Waals surface area contributed by atoms with Crippen molar-refractivity contribution in [3.05, 3.63) is 39.8 Å². The van der Waals surface area contributed by atoms with Crippen LogP contribution in [0.5, 0.6) is 0 Å². The number of halogens is 1. The third-order valence-corrected chi connectivity index (χ3v) is 20.6. The number of allylic oxidation sites excluding steroid dienone is 2. The van der Waals surface area contributed by atoms with Crippen molar-refractivity contribution in [2.75, 3.05) is 3.86 Å². The van der Waals surface area contributed by atoms with E-state index in [9.17, 15) is 0 Å². The Kier molecular flexibility index (Phi) is 6.86. The van der Waals surface area contributed by atoms with Crippen molar-refractivity contribution in [2.24, 2.45) is 11.8 Å². The number of hydrogen-bond acceptors (Lipinski definition) is 3. The fraction of sp³-hybridized carbons (Fsp3) is 0.692. The molecule has 1 aliphatic heterocycles. The first kappa shape index (κ1) is 26.2. The second-order valence-corrected chi connectivity index (χ2v) is 21.9. The molecule has 2 bridgehead atoms. The van der Waals surface area contributed by atoms with Crippen molar-refractivity contribution in [1.29, 1.82) is 0 Å². The van der Waals surface area contributed by atoms with Crippen LogP contribution in [0.4, 0.5) is 5.69 Å².